The van der Waals surface area contributed by atoms with Crippen LogP contribution in [0.2, 0.25) is 0 Å². The number of aromatic hydroxyl groups is 1. The molecule has 4 N–H and O–H groups in total. The van der Waals surface area contributed by atoms with E-state index in [2.05, 4.69) is 54.1 Å². The number of primary amides is 1. The molecule has 0 spiro atoms. The smallest absolute Gasteiger partial charge is 0.248 e. The number of nitrogens with one attached hydrogen (secondary N) is 1. The summed E-state index contributed by atoms with van der Waals surface area (Å²) < 4.78 is 2.26. The number of nitriles is 1. The highest BCUT2D eigenvalue weighted by atomic mass is 16.3. The summed E-state index contributed by atoms with van der Waals surface area (Å²) in [5.74, 6) is -0.769. The third kappa shape index (κ3) is 4.62. The highest BCUT2D eigenvalue weighted by Gasteiger charge is 2.11. The van der Waals surface area contributed by atoms with Crippen molar-refractivity contribution in [3.8, 4) is 11.8 Å². The predicted octanol–water partition coefficient (Wildman–Crippen LogP) is 4.61. The van der Waals surface area contributed by atoms with Crippen LogP contribution in [0.25, 0.3) is 10.9 Å². The molecule has 1 unspecified atom stereocenters. The van der Waals surface area contributed by atoms with E-state index in [1.807, 2.05) is 18.2 Å². The molecule has 1 heterocycles. The Hall–Kier alpha value is -4.37. The minimum atomic E-state index is -0.619. The summed E-state index contributed by atoms with van der Waals surface area (Å²) in [4.78, 5) is 10.6. The second-order valence-corrected chi connectivity index (χ2v) is 6.94. The Bertz CT molecular complexity index is 1270. The normalized spacial score (nSPS) is 11.1. The van der Waals surface area contributed by atoms with E-state index in [0.717, 1.165) is 10.9 Å². The first-order chi connectivity index (χ1) is 15.0. The topological polar surface area (TPSA) is 116 Å². The van der Waals surface area contributed by atoms with Gasteiger partial charge < -0.3 is 20.8 Å². The summed E-state index contributed by atoms with van der Waals surface area (Å²) in [5.41, 5.74) is 8.66. The van der Waals surface area contributed by atoms with Crippen LogP contribution in [0.15, 0.2) is 79.0 Å². The molecule has 0 fully saturated rings. The second-order valence-electron chi connectivity index (χ2n) is 6.94. The van der Waals surface area contributed by atoms with Gasteiger partial charge in [0.15, 0.2) is 0 Å². The lowest BCUT2D eigenvalue weighted by Crippen LogP contribution is -2.10. The summed E-state index contributed by atoms with van der Waals surface area (Å²) in [6, 6.07) is 24.6. The van der Waals surface area contributed by atoms with Gasteiger partial charge in [0.25, 0.3) is 0 Å². The maximum absolute atomic E-state index is 10.6. The summed E-state index contributed by atoms with van der Waals surface area (Å²) in [7, 11) is 0. The van der Waals surface area contributed by atoms with Crippen LogP contribution < -0.4 is 5.73 Å². The number of nitrogens with two attached hydrogens (primary N) is 1. The van der Waals surface area contributed by atoms with E-state index in [0.29, 0.717) is 6.04 Å². The molecule has 1 atom stereocenters. The number of phenols is 1. The minimum Gasteiger partial charge on any atom is -0.507 e. The van der Waals surface area contributed by atoms with Crippen molar-refractivity contribution in [1.29, 1.82) is 10.7 Å². The molecule has 1 aromatic heterocycles. The molecule has 154 valence electrons. The fourth-order valence-corrected chi connectivity index (χ4v) is 3.35. The monoisotopic (exact) mass is 410 g/mol. The summed E-state index contributed by atoms with van der Waals surface area (Å²) in [6.07, 6.45) is 3.52. The van der Waals surface area contributed by atoms with Crippen LogP contribution in [0, 0.1) is 16.7 Å². The number of hydrogen-bond acceptors (Lipinski definition) is 4. The lowest BCUT2D eigenvalue weighted by Gasteiger charge is -2.16. The van der Waals surface area contributed by atoms with Crippen molar-refractivity contribution in [2.45, 2.75) is 13.0 Å². The number of phenolic OH excluding ortho intramolecular Hbond substituents is 1. The van der Waals surface area contributed by atoms with E-state index in [1.165, 1.54) is 35.5 Å². The predicted molar refractivity (Wildman–Crippen MR) is 121 cm³/mol. The van der Waals surface area contributed by atoms with Gasteiger partial charge in [-0.15, -0.1) is 0 Å². The van der Waals surface area contributed by atoms with Gasteiger partial charge in [-0.3, -0.25) is 4.79 Å². The molecule has 0 aliphatic rings. The summed E-state index contributed by atoms with van der Waals surface area (Å²) in [6.45, 7) is 2.20. The molecule has 4 rings (SSSR count). The molecule has 6 nitrogen and oxygen atoms in total. The van der Waals surface area contributed by atoms with Crippen LogP contribution in [0.1, 0.15) is 40.0 Å². The molecule has 1 amide bonds. The number of benzene rings is 3. The van der Waals surface area contributed by atoms with Crippen LogP contribution in [0.4, 0.5) is 0 Å². The van der Waals surface area contributed by atoms with Crippen LogP contribution in [-0.4, -0.2) is 21.8 Å². The van der Waals surface area contributed by atoms with E-state index in [4.69, 9.17) is 21.5 Å². The lowest BCUT2D eigenvalue weighted by molar-refractivity contribution is 0.1000. The average molecular weight is 410 g/mol. The maximum Gasteiger partial charge on any atom is 0.248 e. The Morgan fingerprint density at radius 3 is 2.52 bits per heavy atom. The second kappa shape index (κ2) is 9.42. The molecule has 3 aromatic carbocycles. The van der Waals surface area contributed by atoms with Crippen molar-refractivity contribution in [1.82, 2.24) is 4.57 Å². The van der Waals surface area contributed by atoms with Crippen molar-refractivity contribution in [3.63, 3.8) is 0 Å². The summed E-state index contributed by atoms with van der Waals surface area (Å²) >= 11 is 0. The summed E-state index contributed by atoms with van der Waals surface area (Å²) in [5, 5.41) is 26.1. The fraction of sp³-hybridized carbons (Fsp3) is 0.0800. The fourth-order valence-electron chi connectivity index (χ4n) is 3.35. The van der Waals surface area contributed by atoms with Gasteiger partial charge in [0, 0.05) is 34.4 Å². The maximum atomic E-state index is 10.6. The van der Waals surface area contributed by atoms with Crippen molar-refractivity contribution < 1.29 is 9.90 Å². The zero-order chi connectivity index (χ0) is 22.4. The molecule has 31 heavy (non-hydrogen) atoms. The highest BCUT2D eigenvalue weighted by Crippen LogP contribution is 2.26. The molecule has 0 aliphatic heterocycles. The van der Waals surface area contributed by atoms with Gasteiger partial charge in [-0.2, -0.15) is 5.26 Å². The Morgan fingerprint density at radius 1 is 1.13 bits per heavy atom. The molecular weight excluding hydrogens is 388 g/mol. The molecule has 6 heteroatoms. The highest BCUT2D eigenvalue weighted by molar-refractivity contribution is 5.98. The van der Waals surface area contributed by atoms with E-state index >= 15 is 0 Å². The number of rotatable bonds is 4. The van der Waals surface area contributed by atoms with Crippen molar-refractivity contribution in [2.24, 2.45) is 5.73 Å². The number of nitrogens with zero attached hydrogens (tertiary/aromatic N) is 2. The number of carbonyl (C=O) groups is 1. The minimum absolute atomic E-state index is 0.0475. The van der Waals surface area contributed by atoms with Crippen LogP contribution >= 0.6 is 0 Å². The zero-order valence-electron chi connectivity index (χ0n) is 17.0. The van der Waals surface area contributed by atoms with Crippen molar-refractivity contribution in [3.05, 3.63) is 101 Å². The van der Waals surface area contributed by atoms with Crippen LogP contribution in [0.3, 0.4) is 0 Å². The largest absolute Gasteiger partial charge is 0.507 e. The zero-order valence-corrected chi connectivity index (χ0v) is 17.0. The lowest BCUT2D eigenvalue weighted by atomic mass is 10.1. The first-order valence-electron chi connectivity index (χ1n) is 9.64. The SMILES string of the molecule is CC(c1ccccc1)n1ccc2c(C=N)cccc21.N#Cc1cc(C(N)=O)ccc1O. The van der Waals surface area contributed by atoms with E-state index < -0.39 is 5.91 Å². The van der Waals surface area contributed by atoms with Crippen LogP contribution in [0.5, 0.6) is 5.75 Å². The molecule has 4 aromatic rings. The van der Waals surface area contributed by atoms with Gasteiger partial charge in [0.2, 0.25) is 5.91 Å². The van der Waals surface area contributed by atoms with Crippen molar-refractivity contribution in [2.75, 3.05) is 0 Å². The number of amides is 1. The van der Waals surface area contributed by atoms with E-state index in [-0.39, 0.29) is 16.9 Å². The van der Waals surface area contributed by atoms with E-state index in [1.54, 1.807) is 6.07 Å². The van der Waals surface area contributed by atoms with Crippen LogP contribution in [-0.2, 0) is 0 Å². The molecule has 0 bridgehead atoms. The standard InChI is InChI=1S/C17H16N2.C8H6N2O2/c1-13(14-6-3-2-4-7-14)19-11-10-16-15(12-18)8-5-9-17(16)19;9-4-6-3-5(8(10)12)1-2-7(6)11/h2-13,18H,1H3;1-3,11H,(H2,10,12). The van der Waals surface area contributed by atoms with Gasteiger partial charge in [-0.1, -0.05) is 42.5 Å². The number of hydrogen-bond donors (Lipinski definition) is 3. The average Bonchev–Trinajstić information content (AvgIpc) is 3.24. The Balaban J connectivity index is 0.000000196. The Kier molecular flexibility index (Phi) is 6.48. The molecular formula is C25H22N4O2. The Morgan fingerprint density at radius 2 is 1.87 bits per heavy atom. The molecule has 0 saturated carbocycles. The quantitative estimate of drug-likeness (QED) is 0.427. The van der Waals surface area contributed by atoms with Gasteiger partial charge in [-0.25, -0.2) is 0 Å². The first-order valence-corrected chi connectivity index (χ1v) is 9.64. The molecule has 0 saturated heterocycles. The van der Waals surface area contributed by atoms with Gasteiger partial charge in [-0.05, 0) is 42.8 Å². The van der Waals surface area contributed by atoms with Gasteiger partial charge in [0.1, 0.15) is 11.8 Å². The Labute approximate surface area is 180 Å². The first kappa shape index (κ1) is 21.3. The third-order valence-corrected chi connectivity index (χ3v) is 5.05. The van der Waals surface area contributed by atoms with Gasteiger partial charge >= 0.3 is 0 Å². The molecule has 0 aliphatic carbocycles. The third-order valence-electron chi connectivity index (χ3n) is 5.05. The number of carbonyl (C=O) groups excluding carboxylic acids is 1. The van der Waals surface area contributed by atoms with Crippen molar-refractivity contribution >= 4 is 23.0 Å². The number of fused-ring (bicyclic) bond motifs is 1. The van der Waals surface area contributed by atoms with E-state index in [9.17, 15) is 4.79 Å². The molecule has 0 radical (unpaired) electrons. The number of aromatic nitrogens is 1. The van der Waals surface area contributed by atoms with Gasteiger partial charge in [0.05, 0.1) is 11.6 Å².